The summed E-state index contributed by atoms with van der Waals surface area (Å²) in [6, 6.07) is 2.22. The van der Waals surface area contributed by atoms with Crippen molar-refractivity contribution in [2.24, 2.45) is 11.3 Å². The minimum atomic E-state index is -1.41. The lowest BCUT2D eigenvalue weighted by molar-refractivity contribution is -0.172. The van der Waals surface area contributed by atoms with Gasteiger partial charge >= 0.3 is 5.97 Å². The Morgan fingerprint density at radius 1 is 1.10 bits per heavy atom. The number of unbranched alkanes of at least 4 members (excludes halogenated alkanes) is 2. The van der Waals surface area contributed by atoms with Gasteiger partial charge in [0.25, 0.3) is 0 Å². The van der Waals surface area contributed by atoms with Crippen molar-refractivity contribution in [3.63, 3.8) is 0 Å². The molecule has 1 saturated heterocycles. The highest BCUT2D eigenvalue weighted by Gasteiger charge is 2.39. The van der Waals surface area contributed by atoms with Crippen LogP contribution in [0.3, 0.4) is 0 Å². The zero-order valence-electron chi connectivity index (χ0n) is 17.9. The molecule has 1 aliphatic heterocycles. The van der Waals surface area contributed by atoms with E-state index in [1.165, 1.54) is 12.8 Å². The van der Waals surface area contributed by atoms with Gasteiger partial charge in [-0.1, -0.05) is 26.2 Å². The second-order valence-electron chi connectivity index (χ2n) is 9.17. The first-order valence-corrected chi connectivity index (χ1v) is 11.3. The van der Waals surface area contributed by atoms with Gasteiger partial charge in [-0.2, -0.15) is 0 Å². The smallest absolute Gasteiger partial charge is 0.305 e. The SMILES string of the molecule is CCCCCC1(COC(=O)CCC2CCC(c3cc(F)c(F)c(F)c3)CC2)COC1. The van der Waals surface area contributed by atoms with E-state index in [1.807, 2.05) is 0 Å². The summed E-state index contributed by atoms with van der Waals surface area (Å²) in [7, 11) is 0. The third-order valence-electron chi connectivity index (χ3n) is 6.75. The van der Waals surface area contributed by atoms with Gasteiger partial charge in [-0.05, 0) is 68.1 Å². The zero-order valence-corrected chi connectivity index (χ0v) is 17.9. The Balaban J connectivity index is 1.37. The molecule has 1 saturated carbocycles. The van der Waals surface area contributed by atoms with Crippen molar-refractivity contribution >= 4 is 5.97 Å². The first-order chi connectivity index (χ1) is 14.4. The van der Waals surface area contributed by atoms with Gasteiger partial charge in [-0.15, -0.1) is 0 Å². The third-order valence-corrected chi connectivity index (χ3v) is 6.75. The van der Waals surface area contributed by atoms with Gasteiger partial charge in [-0.25, -0.2) is 13.2 Å². The Kier molecular flexibility index (Phi) is 8.20. The molecular weight excluding hydrogens is 393 g/mol. The van der Waals surface area contributed by atoms with Crippen LogP contribution in [0.1, 0.15) is 82.6 Å². The molecule has 168 valence electrons. The number of ether oxygens (including phenoxy) is 2. The van der Waals surface area contributed by atoms with Crippen molar-refractivity contribution in [1.82, 2.24) is 0 Å². The maximum atomic E-state index is 13.5. The van der Waals surface area contributed by atoms with Gasteiger partial charge < -0.3 is 9.47 Å². The van der Waals surface area contributed by atoms with Crippen LogP contribution in [0.5, 0.6) is 0 Å². The Morgan fingerprint density at radius 3 is 2.33 bits per heavy atom. The van der Waals surface area contributed by atoms with Gasteiger partial charge in [0.05, 0.1) is 18.6 Å². The van der Waals surface area contributed by atoms with Crippen LogP contribution in [0, 0.1) is 28.8 Å². The Hall–Kier alpha value is -1.56. The summed E-state index contributed by atoms with van der Waals surface area (Å²) in [5, 5.41) is 0. The van der Waals surface area contributed by atoms with Crippen LogP contribution in [0.2, 0.25) is 0 Å². The van der Waals surface area contributed by atoms with Crippen LogP contribution in [-0.2, 0) is 14.3 Å². The summed E-state index contributed by atoms with van der Waals surface area (Å²) < 4.78 is 51.0. The van der Waals surface area contributed by atoms with Crippen molar-refractivity contribution in [3.05, 3.63) is 35.1 Å². The largest absolute Gasteiger partial charge is 0.465 e. The maximum Gasteiger partial charge on any atom is 0.305 e. The van der Waals surface area contributed by atoms with Crippen molar-refractivity contribution < 1.29 is 27.4 Å². The molecule has 30 heavy (non-hydrogen) atoms. The molecule has 1 aromatic carbocycles. The molecule has 2 aliphatic rings. The summed E-state index contributed by atoms with van der Waals surface area (Å²) in [5.41, 5.74) is 0.545. The molecule has 1 heterocycles. The zero-order chi connectivity index (χ0) is 21.6. The van der Waals surface area contributed by atoms with E-state index in [4.69, 9.17) is 9.47 Å². The normalized spacial score (nSPS) is 23.1. The van der Waals surface area contributed by atoms with Crippen LogP contribution in [0.15, 0.2) is 12.1 Å². The number of carbonyl (C=O) groups is 1. The molecule has 2 fully saturated rings. The van der Waals surface area contributed by atoms with E-state index < -0.39 is 17.5 Å². The fourth-order valence-electron chi connectivity index (χ4n) is 4.66. The summed E-state index contributed by atoms with van der Waals surface area (Å²) in [4.78, 5) is 12.2. The van der Waals surface area contributed by atoms with Gasteiger partial charge in [-0.3, -0.25) is 4.79 Å². The molecule has 0 radical (unpaired) electrons. The number of halogens is 3. The van der Waals surface area contributed by atoms with Crippen molar-refractivity contribution in [1.29, 1.82) is 0 Å². The Morgan fingerprint density at radius 2 is 1.77 bits per heavy atom. The molecule has 3 rings (SSSR count). The van der Waals surface area contributed by atoms with E-state index in [0.717, 1.165) is 57.1 Å². The molecule has 0 N–H and O–H groups in total. The minimum Gasteiger partial charge on any atom is -0.465 e. The van der Waals surface area contributed by atoms with E-state index in [9.17, 15) is 18.0 Å². The number of hydrogen-bond acceptors (Lipinski definition) is 3. The van der Waals surface area contributed by atoms with Crippen molar-refractivity contribution in [3.8, 4) is 0 Å². The highest BCUT2D eigenvalue weighted by molar-refractivity contribution is 5.69. The van der Waals surface area contributed by atoms with Gasteiger partial charge in [0.15, 0.2) is 17.5 Å². The highest BCUT2D eigenvalue weighted by Crippen LogP contribution is 2.38. The van der Waals surface area contributed by atoms with Crippen LogP contribution in [0.25, 0.3) is 0 Å². The number of hydrogen-bond donors (Lipinski definition) is 0. The standard InChI is InChI=1S/C24H33F3O3/c1-2-3-4-11-24(14-29-15-24)16-30-22(28)10-7-17-5-8-18(9-6-17)19-12-20(25)23(27)21(26)13-19/h12-13,17-18H,2-11,14-16H2,1H3. The lowest BCUT2D eigenvalue weighted by Crippen LogP contribution is -2.46. The molecule has 0 amide bonds. The summed E-state index contributed by atoms with van der Waals surface area (Å²) in [6.07, 6.45) is 9.10. The van der Waals surface area contributed by atoms with Gasteiger partial charge in [0.2, 0.25) is 0 Å². The van der Waals surface area contributed by atoms with Gasteiger partial charge in [0.1, 0.15) is 6.61 Å². The van der Waals surface area contributed by atoms with Crippen molar-refractivity contribution in [2.75, 3.05) is 19.8 Å². The van der Waals surface area contributed by atoms with E-state index in [0.29, 0.717) is 37.7 Å². The van der Waals surface area contributed by atoms with Gasteiger partial charge in [0, 0.05) is 6.42 Å². The summed E-state index contributed by atoms with van der Waals surface area (Å²) in [5.74, 6) is -3.36. The minimum absolute atomic E-state index is 0.0165. The van der Waals surface area contributed by atoms with E-state index in [1.54, 1.807) is 0 Å². The predicted octanol–water partition coefficient (Wildman–Crippen LogP) is 6.30. The monoisotopic (exact) mass is 426 g/mol. The fourth-order valence-corrected chi connectivity index (χ4v) is 4.66. The van der Waals surface area contributed by atoms with E-state index in [-0.39, 0.29) is 17.3 Å². The molecular formula is C24H33F3O3. The molecule has 0 unspecified atom stereocenters. The fraction of sp³-hybridized carbons (Fsp3) is 0.708. The molecule has 0 spiro atoms. The molecule has 1 aliphatic carbocycles. The first kappa shape index (κ1) is 23.1. The number of carbonyl (C=O) groups excluding carboxylic acids is 1. The lowest BCUT2D eigenvalue weighted by Gasteiger charge is -2.41. The molecule has 6 heteroatoms. The van der Waals surface area contributed by atoms with Crippen LogP contribution >= 0.6 is 0 Å². The maximum absolute atomic E-state index is 13.5. The Labute approximate surface area is 177 Å². The van der Waals surface area contributed by atoms with Crippen LogP contribution in [-0.4, -0.2) is 25.8 Å². The summed E-state index contributed by atoms with van der Waals surface area (Å²) >= 11 is 0. The lowest BCUT2D eigenvalue weighted by atomic mass is 9.77. The Bertz CT molecular complexity index is 687. The highest BCUT2D eigenvalue weighted by atomic mass is 19.2. The van der Waals surface area contributed by atoms with E-state index in [2.05, 4.69) is 6.92 Å². The average molecular weight is 427 g/mol. The number of benzene rings is 1. The second kappa shape index (κ2) is 10.7. The third kappa shape index (κ3) is 5.99. The molecule has 0 aromatic heterocycles. The summed E-state index contributed by atoms with van der Waals surface area (Å²) in [6.45, 7) is 3.98. The molecule has 1 aromatic rings. The van der Waals surface area contributed by atoms with Crippen molar-refractivity contribution in [2.45, 2.75) is 77.0 Å². The molecule has 0 atom stereocenters. The number of esters is 1. The topological polar surface area (TPSA) is 35.5 Å². The number of rotatable bonds is 10. The average Bonchev–Trinajstić information content (AvgIpc) is 2.72. The van der Waals surface area contributed by atoms with E-state index >= 15 is 0 Å². The quantitative estimate of drug-likeness (QED) is 0.250. The van der Waals surface area contributed by atoms with Crippen LogP contribution < -0.4 is 0 Å². The second-order valence-corrected chi connectivity index (χ2v) is 9.17. The molecule has 3 nitrogen and oxygen atoms in total. The first-order valence-electron chi connectivity index (χ1n) is 11.3. The molecule has 0 bridgehead atoms. The predicted molar refractivity (Wildman–Crippen MR) is 109 cm³/mol. The van der Waals surface area contributed by atoms with Crippen LogP contribution in [0.4, 0.5) is 13.2 Å².